The zero-order valence-corrected chi connectivity index (χ0v) is 15.5. The van der Waals surface area contributed by atoms with Gasteiger partial charge in [-0.2, -0.15) is 0 Å². The number of hydrogen-bond acceptors (Lipinski definition) is 3. The Labute approximate surface area is 150 Å². The zero-order chi connectivity index (χ0) is 17.4. The van der Waals surface area contributed by atoms with Crippen LogP contribution in [0.4, 0.5) is 0 Å². The van der Waals surface area contributed by atoms with Crippen LogP contribution in [0.15, 0.2) is 23.8 Å². The van der Waals surface area contributed by atoms with E-state index in [0.29, 0.717) is 24.2 Å². The average molecular weight is 342 g/mol. The quantitative estimate of drug-likeness (QED) is 0.672. The molecule has 1 saturated heterocycles. The maximum Gasteiger partial charge on any atom is 0.306 e. The van der Waals surface area contributed by atoms with Gasteiger partial charge in [-0.1, -0.05) is 32.1 Å². The van der Waals surface area contributed by atoms with Crippen LogP contribution < -0.4 is 0 Å². The first-order valence-electron chi connectivity index (χ1n) is 10.2. The second kappa shape index (κ2) is 5.00. The van der Waals surface area contributed by atoms with Gasteiger partial charge in [-0.25, -0.2) is 0 Å². The summed E-state index contributed by atoms with van der Waals surface area (Å²) < 4.78 is 6.00. The number of aliphatic hydroxyl groups excluding tert-OH is 1. The molecular formula is C22H30O3. The Morgan fingerprint density at radius 2 is 1.88 bits per heavy atom. The molecule has 0 unspecified atom stereocenters. The molecule has 0 aromatic rings. The van der Waals surface area contributed by atoms with Crippen molar-refractivity contribution in [3.63, 3.8) is 0 Å². The molecule has 5 rings (SSSR count). The normalized spacial score (nSPS) is 53.9. The van der Waals surface area contributed by atoms with Gasteiger partial charge in [0.05, 0.1) is 6.10 Å². The Hall–Kier alpha value is -1.09. The Balaban J connectivity index is 1.52. The summed E-state index contributed by atoms with van der Waals surface area (Å²) >= 11 is 0. The lowest BCUT2D eigenvalue weighted by atomic mass is 9.48. The van der Waals surface area contributed by atoms with Crippen LogP contribution in [0.5, 0.6) is 0 Å². The largest absolute Gasteiger partial charge is 0.458 e. The smallest absolute Gasteiger partial charge is 0.306 e. The number of aliphatic hydroxyl groups is 1. The van der Waals surface area contributed by atoms with Crippen molar-refractivity contribution in [3.05, 3.63) is 23.8 Å². The Morgan fingerprint density at radius 3 is 2.64 bits per heavy atom. The highest BCUT2D eigenvalue weighted by atomic mass is 16.6. The van der Waals surface area contributed by atoms with Gasteiger partial charge in [0.25, 0.3) is 0 Å². The summed E-state index contributed by atoms with van der Waals surface area (Å²) in [7, 11) is 0. The molecule has 0 radical (unpaired) electrons. The highest BCUT2D eigenvalue weighted by Gasteiger charge is 2.66. The van der Waals surface area contributed by atoms with Gasteiger partial charge in [0, 0.05) is 11.8 Å². The summed E-state index contributed by atoms with van der Waals surface area (Å²) in [6.45, 7) is 4.83. The molecule has 4 aliphatic carbocycles. The highest BCUT2D eigenvalue weighted by molar-refractivity contribution is 5.72. The minimum atomic E-state index is -0.272. The first-order chi connectivity index (χ1) is 11.9. The van der Waals surface area contributed by atoms with Crippen LogP contribution in [-0.2, 0) is 9.53 Å². The van der Waals surface area contributed by atoms with Gasteiger partial charge < -0.3 is 9.84 Å². The molecule has 136 valence electrons. The fourth-order valence-electron chi connectivity index (χ4n) is 7.44. The van der Waals surface area contributed by atoms with Gasteiger partial charge in [0.1, 0.15) is 5.60 Å². The summed E-state index contributed by atoms with van der Waals surface area (Å²) in [5, 5.41) is 10.1. The van der Waals surface area contributed by atoms with Gasteiger partial charge in [-0.15, -0.1) is 0 Å². The number of rotatable bonds is 0. The van der Waals surface area contributed by atoms with Crippen molar-refractivity contribution >= 4 is 5.97 Å². The summed E-state index contributed by atoms with van der Waals surface area (Å²) in [5.74, 6) is 1.90. The van der Waals surface area contributed by atoms with E-state index >= 15 is 0 Å². The van der Waals surface area contributed by atoms with Gasteiger partial charge in [-0.05, 0) is 73.7 Å². The van der Waals surface area contributed by atoms with Gasteiger partial charge in [0.2, 0.25) is 0 Å². The van der Waals surface area contributed by atoms with Crippen molar-refractivity contribution in [1.29, 1.82) is 0 Å². The van der Waals surface area contributed by atoms with E-state index in [1.807, 2.05) is 0 Å². The molecule has 7 atom stereocenters. The summed E-state index contributed by atoms with van der Waals surface area (Å²) in [6, 6.07) is 0. The van der Waals surface area contributed by atoms with Crippen LogP contribution in [0.3, 0.4) is 0 Å². The molecule has 1 spiro atoms. The lowest BCUT2D eigenvalue weighted by Crippen LogP contribution is -2.53. The predicted molar refractivity (Wildman–Crippen MR) is 95.7 cm³/mol. The third-order valence-corrected chi connectivity index (χ3v) is 8.97. The Morgan fingerprint density at radius 1 is 1.08 bits per heavy atom. The molecule has 3 nitrogen and oxygen atoms in total. The molecule has 0 aromatic carbocycles. The number of ether oxygens (including phenoxy) is 1. The topological polar surface area (TPSA) is 46.5 Å². The number of fused-ring (bicyclic) bond motifs is 6. The van der Waals surface area contributed by atoms with Crippen LogP contribution >= 0.6 is 0 Å². The van der Waals surface area contributed by atoms with Crippen LogP contribution in [-0.4, -0.2) is 22.8 Å². The molecule has 0 aromatic heterocycles. The molecular weight excluding hydrogens is 312 g/mol. The highest BCUT2D eigenvalue weighted by Crippen LogP contribution is 2.68. The standard InChI is InChI=1S/C22H30O3/c1-20-9-5-15(23)13-14(20)3-4-16-17(20)6-10-21(2)18(16)7-11-22(21)12-8-19(24)25-22/h3-4,13,15-18,23H,5-12H2,1-2H3/t15-,16-,17+,18+,20-,21-,22+/m0/s1. The van der Waals surface area contributed by atoms with E-state index in [1.54, 1.807) is 0 Å². The lowest BCUT2D eigenvalue weighted by molar-refractivity contribution is -0.165. The number of carbonyl (C=O) groups is 1. The number of allylic oxidation sites excluding steroid dienone is 3. The van der Waals surface area contributed by atoms with Gasteiger partial charge in [0.15, 0.2) is 0 Å². The molecule has 5 aliphatic rings. The molecule has 2 saturated carbocycles. The second-order valence-corrected chi connectivity index (χ2v) is 9.76. The second-order valence-electron chi connectivity index (χ2n) is 9.76. The zero-order valence-electron chi connectivity index (χ0n) is 15.5. The van der Waals surface area contributed by atoms with Crippen molar-refractivity contribution in [3.8, 4) is 0 Å². The fraction of sp³-hybridized carbons (Fsp3) is 0.773. The van der Waals surface area contributed by atoms with E-state index in [9.17, 15) is 9.90 Å². The Bertz CT molecular complexity index is 679. The maximum absolute atomic E-state index is 11.9. The molecule has 3 fully saturated rings. The fourth-order valence-corrected chi connectivity index (χ4v) is 7.44. The first-order valence-corrected chi connectivity index (χ1v) is 10.2. The molecule has 25 heavy (non-hydrogen) atoms. The molecule has 0 amide bonds. The predicted octanol–water partition coefficient (Wildman–Crippen LogP) is 4.16. The van der Waals surface area contributed by atoms with E-state index in [2.05, 4.69) is 32.1 Å². The maximum atomic E-state index is 11.9. The summed E-state index contributed by atoms with van der Waals surface area (Å²) in [4.78, 5) is 11.9. The van der Waals surface area contributed by atoms with E-state index in [1.165, 1.54) is 24.8 Å². The third kappa shape index (κ3) is 1.94. The number of hydrogen-bond donors (Lipinski definition) is 1. The van der Waals surface area contributed by atoms with E-state index in [-0.39, 0.29) is 28.5 Å². The molecule has 1 N–H and O–H groups in total. The van der Waals surface area contributed by atoms with Crippen LogP contribution in [0.25, 0.3) is 0 Å². The monoisotopic (exact) mass is 342 g/mol. The van der Waals surface area contributed by atoms with Crippen LogP contribution in [0.2, 0.25) is 0 Å². The van der Waals surface area contributed by atoms with Crippen molar-refractivity contribution in [2.45, 2.75) is 76.9 Å². The van der Waals surface area contributed by atoms with Crippen molar-refractivity contribution < 1.29 is 14.6 Å². The number of carbonyl (C=O) groups excluding carboxylic acids is 1. The summed E-state index contributed by atoms with van der Waals surface area (Å²) in [5.41, 5.74) is 1.52. The van der Waals surface area contributed by atoms with Crippen LogP contribution in [0.1, 0.15) is 65.2 Å². The Kier molecular flexibility index (Phi) is 3.22. The van der Waals surface area contributed by atoms with Crippen molar-refractivity contribution in [2.24, 2.45) is 28.6 Å². The van der Waals surface area contributed by atoms with Crippen LogP contribution in [0, 0.1) is 28.6 Å². The lowest BCUT2D eigenvalue weighted by Gasteiger charge is -2.57. The van der Waals surface area contributed by atoms with Gasteiger partial charge in [-0.3, -0.25) is 4.79 Å². The summed E-state index contributed by atoms with van der Waals surface area (Å²) in [6.07, 6.45) is 14.7. The van der Waals surface area contributed by atoms with E-state index < -0.39 is 0 Å². The van der Waals surface area contributed by atoms with E-state index in [4.69, 9.17) is 4.74 Å². The molecule has 3 heteroatoms. The average Bonchev–Trinajstić information content (AvgIpc) is 3.10. The molecule has 0 bridgehead atoms. The minimum Gasteiger partial charge on any atom is -0.458 e. The SMILES string of the molecule is C[C@]12CC[C@H](O)C=C1C=C[C@H]1[C@H]2CC[C@@]2(C)[C@@H]1CC[C@@]21CCC(=O)O1. The van der Waals surface area contributed by atoms with E-state index in [0.717, 1.165) is 25.7 Å². The van der Waals surface area contributed by atoms with Crippen molar-refractivity contribution in [2.75, 3.05) is 0 Å². The molecule has 1 heterocycles. The van der Waals surface area contributed by atoms with Gasteiger partial charge >= 0.3 is 5.97 Å². The van der Waals surface area contributed by atoms with Crippen molar-refractivity contribution in [1.82, 2.24) is 0 Å². The minimum absolute atomic E-state index is 0.0154. The molecule has 1 aliphatic heterocycles. The first kappa shape index (κ1) is 16.1. The number of esters is 1. The third-order valence-electron chi connectivity index (χ3n) is 8.97.